The van der Waals surface area contributed by atoms with Gasteiger partial charge in [-0.15, -0.1) is 0 Å². The maximum absolute atomic E-state index is 3.53. The Morgan fingerprint density at radius 2 is 1.78 bits per heavy atom. The summed E-state index contributed by atoms with van der Waals surface area (Å²) in [5.74, 6) is 1.02. The molecular weight excluding hydrogens is 218 g/mol. The van der Waals surface area contributed by atoms with E-state index >= 15 is 0 Å². The molecule has 1 aromatic carbocycles. The van der Waals surface area contributed by atoms with Crippen LogP contribution in [0.3, 0.4) is 0 Å². The minimum Gasteiger partial charge on any atom is -0.316 e. The van der Waals surface area contributed by atoms with Crippen LogP contribution in [0.25, 0.3) is 0 Å². The first-order valence-electron chi connectivity index (χ1n) is 7.64. The first-order chi connectivity index (χ1) is 8.89. The molecule has 0 unspecified atom stereocenters. The van der Waals surface area contributed by atoms with Crippen LogP contribution in [0.15, 0.2) is 30.3 Å². The Kier molecular flexibility index (Phi) is 3.69. The van der Waals surface area contributed by atoms with Crippen molar-refractivity contribution in [2.24, 2.45) is 11.3 Å². The van der Waals surface area contributed by atoms with Crippen LogP contribution in [-0.4, -0.2) is 13.1 Å². The zero-order valence-electron chi connectivity index (χ0n) is 11.3. The second-order valence-electron chi connectivity index (χ2n) is 6.29. The third-order valence-electron chi connectivity index (χ3n) is 5.16. The molecule has 1 aliphatic carbocycles. The summed E-state index contributed by atoms with van der Waals surface area (Å²) in [5, 5.41) is 3.53. The second kappa shape index (κ2) is 5.44. The number of nitrogens with one attached hydrogen (secondary N) is 1. The molecule has 2 aliphatic rings. The molecule has 1 aromatic rings. The predicted octanol–water partition coefficient (Wildman–Crippen LogP) is 3.79. The molecule has 1 heterocycles. The normalized spacial score (nSPS) is 22.9. The van der Waals surface area contributed by atoms with Gasteiger partial charge in [-0.05, 0) is 49.0 Å². The van der Waals surface area contributed by atoms with Gasteiger partial charge in [-0.3, -0.25) is 0 Å². The molecular formula is C17H25N. The molecule has 1 nitrogen and oxygen atoms in total. The van der Waals surface area contributed by atoms with E-state index in [2.05, 4.69) is 35.6 Å². The fourth-order valence-electron chi connectivity index (χ4n) is 3.94. The highest BCUT2D eigenvalue weighted by atomic mass is 15.0. The third-order valence-corrected chi connectivity index (χ3v) is 5.16. The van der Waals surface area contributed by atoms with Gasteiger partial charge in [-0.25, -0.2) is 0 Å². The topological polar surface area (TPSA) is 12.0 Å². The smallest absolute Gasteiger partial charge is 0.00229 e. The van der Waals surface area contributed by atoms with Crippen LogP contribution in [0.2, 0.25) is 0 Å². The summed E-state index contributed by atoms with van der Waals surface area (Å²) < 4.78 is 0. The van der Waals surface area contributed by atoms with E-state index in [1.54, 1.807) is 0 Å². The average Bonchev–Trinajstić information content (AvgIpc) is 2.88. The molecule has 0 bridgehead atoms. The molecule has 0 aromatic heterocycles. The number of aryl methyl sites for hydroxylation is 1. The van der Waals surface area contributed by atoms with Crippen molar-refractivity contribution in [2.75, 3.05) is 13.1 Å². The van der Waals surface area contributed by atoms with Crippen molar-refractivity contribution in [3.63, 3.8) is 0 Å². The Morgan fingerprint density at radius 1 is 1.06 bits per heavy atom. The molecule has 1 saturated carbocycles. The molecule has 1 aliphatic heterocycles. The highest BCUT2D eigenvalue weighted by molar-refractivity contribution is 5.14. The van der Waals surface area contributed by atoms with Gasteiger partial charge in [0.1, 0.15) is 0 Å². The first kappa shape index (κ1) is 12.2. The number of hydrogen-bond acceptors (Lipinski definition) is 1. The second-order valence-corrected chi connectivity index (χ2v) is 6.29. The molecule has 1 saturated heterocycles. The van der Waals surface area contributed by atoms with Crippen LogP contribution >= 0.6 is 0 Å². The van der Waals surface area contributed by atoms with Gasteiger partial charge in [0.25, 0.3) is 0 Å². The minimum absolute atomic E-state index is 0.672. The van der Waals surface area contributed by atoms with Gasteiger partial charge >= 0.3 is 0 Å². The molecule has 0 amide bonds. The number of rotatable bonds is 5. The monoisotopic (exact) mass is 243 g/mol. The van der Waals surface area contributed by atoms with Crippen molar-refractivity contribution < 1.29 is 0 Å². The number of benzene rings is 1. The fourth-order valence-corrected chi connectivity index (χ4v) is 3.94. The summed E-state index contributed by atoms with van der Waals surface area (Å²) in [6, 6.07) is 11.0. The summed E-state index contributed by atoms with van der Waals surface area (Å²) in [6.45, 7) is 2.57. The van der Waals surface area contributed by atoms with Crippen LogP contribution in [0.1, 0.15) is 44.1 Å². The lowest BCUT2D eigenvalue weighted by atomic mass is 9.66. The highest BCUT2D eigenvalue weighted by Gasteiger charge is 2.43. The van der Waals surface area contributed by atoms with Gasteiger partial charge in [-0.1, -0.05) is 43.2 Å². The lowest BCUT2D eigenvalue weighted by Gasteiger charge is -2.48. The van der Waals surface area contributed by atoms with E-state index in [4.69, 9.17) is 0 Å². The van der Waals surface area contributed by atoms with Crippen molar-refractivity contribution in [3.8, 4) is 0 Å². The average molecular weight is 243 g/mol. The molecule has 98 valence electrons. The molecule has 0 atom stereocenters. The molecule has 2 fully saturated rings. The highest BCUT2D eigenvalue weighted by Crippen LogP contribution is 2.45. The van der Waals surface area contributed by atoms with E-state index in [1.165, 1.54) is 63.6 Å². The van der Waals surface area contributed by atoms with Crippen LogP contribution in [0, 0.1) is 11.3 Å². The Morgan fingerprint density at radius 3 is 2.39 bits per heavy atom. The van der Waals surface area contributed by atoms with E-state index < -0.39 is 0 Å². The van der Waals surface area contributed by atoms with E-state index in [-0.39, 0.29) is 0 Å². The van der Waals surface area contributed by atoms with Gasteiger partial charge in [0.05, 0.1) is 0 Å². The van der Waals surface area contributed by atoms with Crippen LogP contribution in [0.5, 0.6) is 0 Å². The summed E-state index contributed by atoms with van der Waals surface area (Å²) in [5.41, 5.74) is 2.18. The Labute approximate surface area is 111 Å². The van der Waals surface area contributed by atoms with Crippen LogP contribution in [0.4, 0.5) is 0 Å². The summed E-state index contributed by atoms with van der Waals surface area (Å²) in [4.78, 5) is 0. The third kappa shape index (κ3) is 2.47. The van der Waals surface area contributed by atoms with E-state index in [0.717, 1.165) is 5.92 Å². The molecule has 18 heavy (non-hydrogen) atoms. The molecule has 1 N–H and O–H groups in total. The fraction of sp³-hybridized carbons (Fsp3) is 0.647. The van der Waals surface area contributed by atoms with Crippen molar-refractivity contribution in [1.29, 1.82) is 0 Å². The lowest BCUT2D eigenvalue weighted by molar-refractivity contribution is 0.0675. The van der Waals surface area contributed by atoms with Gasteiger partial charge < -0.3 is 5.32 Å². The van der Waals surface area contributed by atoms with Gasteiger partial charge in [0, 0.05) is 13.1 Å². The predicted molar refractivity (Wildman–Crippen MR) is 76.6 cm³/mol. The van der Waals surface area contributed by atoms with Crippen LogP contribution < -0.4 is 5.32 Å². The van der Waals surface area contributed by atoms with E-state index in [1.807, 2.05) is 0 Å². The zero-order chi connectivity index (χ0) is 12.3. The quantitative estimate of drug-likeness (QED) is 0.829. The lowest BCUT2D eigenvalue weighted by Crippen LogP contribution is -2.57. The van der Waals surface area contributed by atoms with Crippen molar-refractivity contribution in [2.45, 2.75) is 44.9 Å². The SMILES string of the molecule is c1ccc(CCCC2(C3CCCC3)CNC2)cc1. The zero-order valence-corrected chi connectivity index (χ0v) is 11.3. The minimum atomic E-state index is 0.672. The maximum atomic E-state index is 3.53. The maximum Gasteiger partial charge on any atom is 0.00229 e. The Balaban J connectivity index is 1.52. The van der Waals surface area contributed by atoms with Gasteiger partial charge in [0.15, 0.2) is 0 Å². The van der Waals surface area contributed by atoms with Crippen LogP contribution in [-0.2, 0) is 6.42 Å². The number of hydrogen-bond donors (Lipinski definition) is 1. The van der Waals surface area contributed by atoms with E-state index in [9.17, 15) is 0 Å². The first-order valence-corrected chi connectivity index (χ1v) is 7.64. The molecule has 0 radical (unpaired) electrons. The Bertz CT molecular complexity index is 360. The molecule has 3 rings (SSSR count). The summed E-state index contributed by atoms with van der Waals surface area (Å²) in [6.07, 6.45) is 9.99. The van der Waals surface area contributed by atoms with Crippen molar-refractivity contribution in [1.82, 2.24) is 5.32 Å². The summed E-state index contributed by atoms with van der Waals surface area (Å²) in [7, 11) is 0. The molecule has 0 spiro atoms. The van der Waals surface area contributed by atoms with E-state index in [0.29, 0.717) is 5.41 Å². The van der Waals surface area contributed by atoms with Gasteiger partial charge in [0.2, 0.25) is 0 Å². The van der Waals surface area contributed by atoms with Crippen molar-refractivity contribution >= 4 is 0 Å². The van der Waals surface area contributed by atoms with Crippen molar-refractivity contribution in [3.05, 3.63) is 35.9 Å². The molecule has 1 heteroatoms. The van der Waals surface area contributed by atoms with Gasteiger partial charge in [-0.2, -0.15) is 0 Å². The summed E-state index contributed by atoms with van der Waals surface area (Å²) >= 11 is 0. The standard InChI is InChI=1S/C17H25N/c1-2-7-15(8-3-1)9-6-12-17(13-18-14-17)16-10-4-5-11-16/h1-3,7-8,16,18H,4-6,9-14H2. The Hall–Kier alpha value is -0.820. The largest absolute Gasteiger partial charge is 0.316 e.